The lowest BCUT2D eigenvalue weighted by Crippen LogP contribution is -2.35. The first-order chi connectivity index (χ1) is 16.4. The van der Waals surface area contributed by atoms with Gasteiger partial charge in [-0.1, -0.05) is 24.6 Å². The second-order valence-electron chi connectivity index (χ2n) is 8.79. The summed E-state index contributed by atoms with van der Waals surface area (Å²) < 4.78 is 33.2. The highest BCUT2D eigenvalue weighted by molar-refractivity contribution is 7.89. The third-order valence-electron chi connectivity index (χ3n) is 6.34. The van der Waals surface area contributed by atoms with Gasteiger partial charge in [-0.2, -0.15) is 4.31 Å². The lowest BCUT2D eigenvalue weighted by Gasteiger charge is -2.26. The molecule has 2 aliphatic rings. The van der Waals surface area contributed by atoms with Crippen molar-refractivity contribution in [3.8, 4) is 0 Å². The summed E-state index contributed by atoms with van der Waals surface area (Å²) >= 11 is 0. The van der Waals surface area contributed by atoms with Crippen molar-refractivity contribution in [1.29, 1.82) is 0 Å². The molecule has 2 saturated heterocycles. The van der Waals surface area contributed by atoms with E-state index in [0.717, 1.165) is 32.1 Å². The maximum Gasteiger partial charge on any atom is 0.255 e. The summed E-state index contributed by atoms with van der Waals surface area (Å²) in [5, 5.41) is 5.67. The SMILES string of the molecule is Cc1ccc(S(=O)(=O)N2CCCCC2)cc1C(=O)Nc1ccccc1C(=O)NCC1CCCO1. The van der Waals surface area contributed by atoms with E-state index < -0.39 is 15.9 Å². The van der Waals surface area contributed by atoms with E-state index in [9.17, 15) is 18.0 Å². The number of para-hydroxylation sites is 1. The zero-order chi connectivity index (χ0) is 24.1. The molecule has 2 aromatic rings. The zero-order valence-corrected chi connectivity index (χ0v) is 20.2. The third-order valence-corrected chi connectivity index (χ3v) is 8.24. The van der Waals surface area contributed by atoms with Crippen molar-refractivity contribution in [3.63, 3.8) is 0 Å². The fourth-order valence-electron chi connectivity index (χ4n) is 4.35. The summed E-state index contributed by atoms with van der Waals surface area (Å²) in [5.41, 5.74) is 1.60. The number of amides is 2. The number of ether oxygens (including phenoxy) is 1. The van der Waals surface area contributed by atoms with Crippen LogP contribution in [0.15, 0.2) is 47.4 Å². The van der Waals surface area contributed by atoms with Gasteiger partial charge in [-0.15, -0.1) is 0 Å². The molecule has 1 atom stereocenters. The van der Waals surface area contributed by atoms with E-state index in [1.54, 1.807) is 43.3 Å². The minimum Gasteiger partial charge on any atom is -0.376 e. The van der Waals surface area contributed by atoms with E-state index >= 15 is 0 Å². The Bertz CT molecular complexity index is 1150. The van der Waals surface area contributed by atoms with Crippen LogP contribution in [0.3, 0.4) is 0 Å². The zero-order valence-electron chi connectivity index (χ0n) is 19.4. The summed E-state index contributed by atoms with van der Waals surface area (Å²) in [5.74, 6) is -0.767. The maximum absolute atomic E-state index is 13.2. The van der Waals surface area contributed by atoms with Crippen LogP contribution in [0.25, 0.3) is 0 Å². The highest BCUT2D eigenvalue weighted by Crippen LogP contribution is 2.24. The van der Waals surface area contributed by atoms with Gasteiger partial charge in [-0.25, -0.2) is 8.42 Å². The van der Waals surface area contributed by atoms with Crippen molar-refractivity contribution in [1.82, 2.24) is 9.62 Å². The monoisotopic (exact) mass is 485 g/mol. The number of carbonyl (C=O) groups excluding carboxylic acids is 2. The summed E-state index contributed by atoms with van der Waals surface area (Å²) in [7, 11) is -3.67. The Morgan fingerprint density at radius 3 is 2.50 bits per heavy atom. The van der Waals surface area contributed by atoms with Gasteiger partial charge >= 0.3 is 0 Å². The van der Waals surface area contributed by atoms with Crippen molar-refractivity contribution in [3.05, 3.63) is 59.2 Å². The number of benzene rings is 2. The molecule has 2 N–H and O–H groups in total. The molecule has 2 aromatic carbocycles. The van der Waals surface area contributed by atoms with Crippen LogP contribution >= 0.6 is 0 Å². The van der Waals surface area contributed by atoms with E-state index in [1.165, 1.54) is 10.4 Å². The quantitative estimate of drug-likeness (QED) is 0.626. The molecule has 0 aliphatic carbocycles. The topological polar surface area (TPSA) is 105 Å². The van der Waals surface area contributed by atoms with Crippen LogP contribution in [-0.2, 0) is 14.8 Å². The predicted molar refractivity (Wildman–Crippen MR) is 129 cm³/mol. The van der Waals surface area contributed by atoms with Gasteiger partial charge in [0.05, 0.1) is 22.3 Å². The smallest absolute Gasteiger partial charge is 0.255 e. The Labute approximate surface area is 200 Å². The number of carbonyl (C=O) groups is 2. The van der Waals surface area contributed by atoms with Gasteiger partial charge in [-0.05, 0) is 62.4 Å². The van der Waals surface area contributed by atoms with Crippen LogP contribution in [-0.4, -0.2) is 56.9 Å². The van der Waals surface area contributed by atoms with Crippen LogP contribution in [0.5, 0.6) is 0 Å². The number of piperidine rings is 1. The number of sulfonamides is 1. The Hall–Kier alpha value is -2.75. The molecule has 0 aromatic heterocycles. The number of nitrogens with zero attached hydrogens (tertiary/aromatic N) is 1. The number of anilines is 1. The minimum atomic E-state index is -3.67. The Morgan fingerprint density at radius 1 is 1.00 bits per heavy atom. The fourth-order valence-corrected chi connectivity index (χ4v) is 5.89. The maximum atomic E-state index is 13.2. The summed E-state index contributed by atoms with van der Waals surface area (Å²) in [4.78, 5) is 26.0. The molecule has 2 fully saturated rings. The van der Waals surface area contributed by atoms with E-state index in [0.29, 0.717) is 43.1 Å². The second kappa shape index (κ2) is 10.7. The summed E-state index contributed by atoms with van der Waals surface area (Å²) in [6.45, 7) is 3.86. The number of hydrogen-bond acceptors (Lipinski definition) is 5. The molecule has 4 rings (SSSR count). The fraction of sp³-hybridized carbons (Fsp3) is 0.440. The lowest BCUT2D eigenvalue weighted by molar-refractivity contribution is 0.0858. The number of nitrogens with one attached hydrogen (secondary N) is 2. The van der Waals surface area contributed by atoms with Crippen molar-refractivity contribution < 1.29 is 22.7 Å². The molecule has 9 heteroatoms. The van der Waals surface area contributed by atoms with Crippen molar-refractivity contribution in [2.45, 2.75) is 50.0 Å². The molecule has 1 unspecified atom stereocenters. The average Bonchev–Trinajstić information content (AvgIpc) is 3.37. The predicted octanol–water partition coefficient (Wildman–Crippen LogP) is 3.33. The molecule has 2 aliphatic heterocycles. The number of aryl methyl sites for hydroxylation is 1. The van der Waals surface area contributed by atoms with Crippen molar-refractivity contribution in [2.24, 2.45) is 0 Å². The molecule has 2 amide bonds. The van der Waals surface area contributed by atoms with Gasteiger partial charge in [0.15, 0.2) is 0 Å². The van der Waals surface area contributed by atoms with Crippen LogP contribution in [0.2, 0.25) is 0 Å². The molecule has 2 heterocycles. The highest BCUT2D eigenvalue weighted by atomic mass is 32.2. The average molecular weight is 486 g/mol. The normalized spacial score (nSPS) is 19.0. The van der Waals surface area contributed by atoms with Gasteiger partial charge in [0.1, 0.15) is 0 Å². The molecule has 182 valence electrons. The molecule has 0 spiro atoms. The lowest BCUT2D eigenvalue weighted by atomic mass is 10.1. The van der Waals surface area contributed by atoms with Gasteiger partial charge in [0, 0.05) is 31.8 Å². The van der Waals surface area contributed by atoms with Gasteiger partial charge in [-0.3, -0.25) is 9.59 Å². The van der Waals surface area contributed by atoms with Gasteiger partial charge in [0.2, 0.25) is 10.0 Å². The Balaban J connectivity index is 1.52. The second-order valence-corrected chi connectivity index (χ2v) is 10.7. The third kappa shape index (κ3) is 5.48. The van der Waals surface area contributed by atoms with E-state index in [-0.39, 0.29) is 22.5 Å². The standard InChI is InChI=1S/C25H31N3O5S/c1-18-11-12-20(34(31,32)28-13-5-2-6-14-28)16-22(18)25(30)27-23-10-4-3-9-21(23)24(29)26-17-19-8-7-15-33-19/h3-4,9-12,16,19H,2,5-8,13-15,17H2,1H3,(H,26,29)(H,27,30). The van der Waals surface area contributed by atoms with Crippen LogP contribution in [0.4, 0.5) is 5.69 Å². The van der Waals surface area contributed by atoms with Gasteiger partial charge in [0.25, 0.3) is 11.8 Å². The van der Waals surface area contributed by atoms with Crippen LogP contribution < -0.4 is 10.6 Å². The van der Waals surface area contributed by atoms with E-state index in [1.807, 2.05) is 0 Å². The molecular formula is C25H31N3O5S. The molecule has 0 radical (unpaired) electrons. The van der Waals surface area contributed by atoms with E-state index in [2.05, 4.69) is 10.6 Å². The number of rotatable bonds is 7. The first-order valence-corrected chi connectivity index (χ1v) is 13.2. The Morgan fingerprint density at radius 2 is 1.76 bits per heavy atom. The van der Waals surface area contributed by atoms with Crippen LogP contribution in [0.1, 0.15) is 58.4 Å². The highest BCUT2D eigenvalue weighted by Gasteiger charge is 2.27. The summed E-state index contributed by atoms with van der Waals surface area (Å²) in [6, 6.07) is 11.4. The van der Waals surface area contributed by atoms with Crippen molar-refractivity contribution in [2.75, 3.05) is 31.6 Å². The summed E-state index contributed by atoms with van der Waals surface area (Å²) in [6.07, 6.45) is 4.61. The molecular weight excluding hydrogens is 454 g/mol. The number of hydrogen-bond donors (Lipinski definition) is 2. The molecule has 0 saturated carbocycles. The van der Waals surface area contributed by atoms with Crippen molar-refractivity contribution >= 4 is 27.5 Å². The molecule has 8 nitrogen and oxygen atoms in total. The van der Waals surface area contributed by atoms with E-state index in [4.69, 9.17) is 4.74 Å². The van der Waals surface area contributed by atoms with Gasteiger partial charge < -0.3 is 15.4 Å². The first-order valence-electron chi connectivity index (χ1n) is 11.8. The molecule has 0 bridgehead atoms. The molecule has 34 heavy (non-hydrogen) atoms. The largest absolute Gasteiger partial charge is 0.376 e. The Kier molecular flexibility index (Phi) is 7.65. The minimum absolute atomic E-state index is 0.0120. The first kappa shape index (κ1) is 24.4. The van der Waals surface area contributed by atoms with Crippen LogP contribution in [0, 0.1) is 6.92 Å².